The van der Waals surface area contributed by atoms with Crippen molar-refractivity contribution in [1.29, 1.82) is 0 Å². The van der Waals surface area contributed by atoms with Crippen molar-refractivity contribution >= 4 is 12.0 Å². The average molecular weight is 364 g/mol. The van der Waals surface area contributed by atoms with E-state index in [9.17, 15) is 18.4 Å². The summed E-state index contributed by atoms with van der Waals surface area (Å²) in [6, 6.07) is 0.923. The standard InChI is InChI=1S/C17H18F2N4O3/c1-9(16(24)26-2)22-17(25)23-6-5-13-14(21-8-20-13)15(23)11-4-3-10(18)7-12(11)19/h3-4,7-9,15H,5-6H2,1-2H3,(H,20,21)(H,22,25)/t9-,15+/m1/s1. The molecule has 26 heavy (non-hydrogen) atoms. The van der Waals surface area contributed by atoms with Crippen LogP contribution in [0.4, 0.5) is 13.6 Å². The van der Waals surface area contributed by atoms with E-state index in [-0.39, 0.29) is 12.1 Å². The molecule has 0 bridgehead atoms. The molecule has 1 aliphatic heterocycles. The molecule has 2 amide bonds. The first kappa shape index (κ1) is 17.8. The molecule has 0 saturated heterocycles. The maximum absolute atomic E-state index is 14.4. The van der Waals surface area contributed by atoms with E-state index < -0.39 is 35.7 Å². The molecule has 0 fully saturated rings. The molecule has 7 nitrogen and oxygen atoms in total. The Kier molecular flexibility index (Phi) is 4.88. The Balaban J connectivity index is 1.96. The van der Waals surface area contributed by atoms with Crippen LogP contribution < -0.4 is 5.32 Å². The van der Waals surface area contributed by atoms with Crippen LogP contribution in [-0.4, -0.2) is 46.6 Å². The molecular weight excluding hydrogens is 346 g/mol. The van der Waals surface area contributed by atoms with Crippen molar-refractivity contribution in [3.8, 4) is 0 Å². The number of carbonyl (C=O) groups is 2. The van der Waals surface area contributed by atoms with Crippen LogP contribution in [0.1, 0.15) is 29.9 Å². The summed E-state index contributed by atoms with van der Waals surface area (Å²) >= 11 is 0. The number of hydrogen-bond acceptors (Lipinski definition) is 4. The van der Waals surface area contributed by atoms with Gasteiger partial charge >= 0.3 is 12.0 Å². The van der Waals surface area contributed by atoms with Crippen LogP contribution in [0.2, 0.25) is 0 Å². The van der Waals surface area contributed by atoms with Crippen molar-refractivity contribution in [3.05, 3.63) is 53.1 Å². The number of aromatic nitrogens is 2. The topological polar surface area (TPSA) is 87.3 Å². The first-order valence-electron chi connectivity index (χ1n) is 8.04. The molecular formula is C17H18F2N4O3. The molecule has 9 heteroatoms. The van der Waals surface area contributed by atoms with E-state index in [0.29, 0.717) is 12.1 Å². The minimum atomic E-state index is -0.869. The number of nitrogens with zero attached hydrogens (tertiary/aromatic N) is 2. The first-order chi connectivity index (χ1) is 12.4. The third-order valence-corrected chi connectivity index (χ3v) is 4.34. The van der Waals surface area contributed by atoms with Gasteiger partial charge in [-0.15, -0.1) is 0 Å². The number of methoxy groups -OCH3 is 1. The Hall–Kier alpha value is -2.97. The number of aromatic amines is 1. The lowest BCUT2D eigenvalue weighted by Crippen LogP contribution is -2.50. The Morgan fingerprint density at radius 1 is 1.42 bits per heavy atom. The van der Waals surface area contributed by atoms with E-state index in [0.717, 1.165) is 17.8 Å². The number of urea groups is 1. The molecule has 1 aromatic heterocycles. The molecule has 2 aromatic rings. The SMILES string of the molecule is COC(=O)[C@@H](C)NC(=O)N1CCc2[nH]cnc2[C@@H]1c1ccc(F)cc1F. The zero-order valence-electron chi connectivity index (χ0n) is 14.3. The van der Waals surface area contributed by atoms with Gasteiger partial charge in [-0.2, -0.15) is 0 Å². The van der Waals surface area contributed by atoms with Crippen LogP contribution in [0.5, 0.6) is 0 Å². The smallest absolute Gasteiger partial charge is 0.328 e. The first-order valence-corrected chi connectivity index (χ1v) is 8.04. The van der Waals surface area contributed by atoms with Gasteiger partial charge in [0.25, 0.3) is 0 Å². The highest BCUT2D eigenvalue weighted by atomic mass is 19.1. The predicted octanol–water partition coefficient (Wildman–Crippen LogP) is 1.91. The highest BCUT2D eigenvalue weighted by molar-refractivity contribution is 5.83. The van der Waals surface area contributed by atoms with E-state index in [1.807, 2.05) is 0 Å². The number of rotatable bonds is 3. The number of hydrogen-bond donors (Lipinski definition) is 2. The average Bonchev–Trinajstić information content (AvgIpc) is 3.09. The zero-order valence-corrected chi connectivity index (χ0v) is 14.3. The van der Waals surface area contributed by atoms with E-state index >= 15 is 0 Å². The second-order valence-corrected chi connectivity index (χ2v) is 5.97. The van der Waals surface area contributed by atoms with Crippen molar-refractivity contribution < 1.29 is 23.1 Å². The largest absolute Gasteiger partial charge is 0.467 e. The van der Waals surface area contributed by atoms with Crippen molar-refractivity contribution in [2.75, 3.05) is 13.7 Å². The van der Waals surface area contributed by atoms with E-state index in [4.69, 9.17) is 0 Å². The van der Waals surface area contributed by atoms with Crippen LogP contribution in [0.3, 0.4) is 0 Å². The van der Waals surface area contributed by atoms with Crippen molar-refractivity contribution in [3.63, 3.8) is 0 Å². The molecule has 0 radical (unpaired) electrons. The van der Waals surface area contributed by atoms with Crippen LogP contribution in [0, 0.1) is 11.6 Å². The minimum absolute atomic E-state index is 0.125. The molecule has 2 N–H and O–H groups in total. The van der Waals surface area contributed by atoms with Gasteiger partial charge in [-0.25, -0.2) is 23.4 Å². The number of amides is 2. The number of imidazole rings is 1. The summed E-state index contributed by atoms with van der Waals surface area (Å²) in [6.07, 6.45) is 1.96. The summed E-state index contributed by atoms with van der Waals surface area (Å²) in [4.78, 5) is 32.8. The Labute approximate surface area is 148 Å². The second kappa shape index (κ2) is 7.11. The summed E-state index contributed by atoms with van der Waals surface area (Å²) in [5, 5.41) is 2.53. The summed E-state index contributed by atoms with van der Waals surface area (Å²) in [7, 11) is 1.22. The number of ether oxygens (including phenoxy) is 1. The monoisotopic (exact) mass is 364 g/mol. The molecule has 0 aliphatic carbocycles. The van der Waals surface area contributed by atoms with E-state index in [1.54, 1.807) is 0 Å². The Bertz CT molecular complexity index is 839. The van der Waals surface area contributed by atoms with Crippen LogP contribution in [0.15, 0.2) is 24.5 Å². The zero-order chi connectivity index (χ0) is 18.8. The summed E-state index contributed by atoms with van der Waals surface area (Å²) in [5.74, 6) is -2.08. The molecule has 2 atom stereocenters. The Morgan fingerprint density at radius 3 is 2.88 bits per heavy atom. The lowest BCUT2D eigenvalue weighted by Gasteiger charge is -2.35. The van der Waals surface area contributed by atoms with E-state index in [1.165, 1.54) is 31.3 Å². The van der Waals surface area contributed by atoms with Crippen LogP contribution >= 0.6 is 0 Å². The van der Waals surface area contributed by atoms with Crippen molar-refractivity contribution in [1.82, 2.24) is 20.2 Å². The van der Waals surface area contributed by atoms with Gasteiger partial charge in [-0.3, -0.25) is 0 Å². The predicted molar refractivity (Wildman–Crippen MR) is 87.2 cm³/mol. The molecule has 0 spiro atoms. The summed E-state index contributed by atoms with van der Waals surface area (Å²) in [6.45, 7) is 1.76. The lowest BCUT2D eigenvalue weighted by molar-refractivity contribution is -0.142. The number of carbonyl (C=O) groups excluding carboxylic acids is 2. The van der Waals surface area contributed by atoms with Crippen LogP contribution in [0.25, 0.3) is 0 Å². The van der Waals surface area contributed by atoms with Crippen molar-refractivity contribution in [2.45, 2.75) is 25.4 Å². The lowest BCUT2D eigenvalue weighted by atomic mass is 9.95. The third kappa shape index (κ3) is 3.24. The van der Waals surface area contributed by atoms with E-state index in [2.05, 4.69) is 20.0 Å². The maximum atomic E-state index is 14.4. The number of fused-ring (bicyclic) bond motifs is 1. The molecule has 0 saturated carbocycles. The number of H-pyrrole nitrogens is 1. The number of esters is 1. The van der Waals surface area contributed by atoms with Crippen molar-refractivity contribution in [2.24, 2.45) is 0 Å². The van der Waals surface area contributed by atoms with Gasteiger partial charge < -0.3 is 19.9 Å². The minimum Gasteiger partial charge on any atom is -0.467 e. The Morgan fingerprint density at radius 2 is 2.19 bits per heavy atom. The molecule has 2 heterocycles. The summed E-state index contributed by atoms with van der Waals surface area (Å²) < 4.78 is 32.3. The second-order valence-electron chi connectivity index (χ2n) is 5.97. The molecule has 1 aromatic carbocycles. The third-order valence-electron chi connectivity index (χ3n) is 4.34. The van der Waals surface area contributed by atoms with Gasteiger partial charge in [-0.05, 0) is 13.0 Å². The fourth-order valence-corrected chi connectivity index (χ4v) is 3.04. The molecule has 3 rings (SSSR count). The highest BCUT2D eigenvalue weighted by Gasteiger charge is 2.36. The fraction of sp³-hybridized carbons (Fsp3) is 0.353. The van der Waals surface area contributed by atoms with Gasteiger partial charge in [-0.1, -0.05) is 6.07 Å². The maximum Gasteiger partial charge on any atom is 0.328 e. The molecule has 1 aliphatic rings. The number of halogens is 2. The summed E-state index contributed by atoms with van der Waals surface area (Å²) in [5.41, 5.74) is 1.40. The normalized spacial score (nSPS) is 17.4. The highest BCUT2D eigenvalue weighted by Crippen LogP contribution is 2.34. The van der Waals surface area contributed by atoms with Gasteiger partial charge in [0.15, 0.2) is 0 Å². The molecule has 0 unspecified atom stereocenters. The molecule has 138 valence electrons. The van der Waals surface area contributed by atoms with Gasteiger partial charge in [0, 0.05) is 30.3 Å². The number of nitrogens with one attached hydrogen (secondary N) is 2. The van der Waals surface area contributed by atoms with Gasteiger partial charge in [0.1, 0.15) is 23.7 Å². The van der Waals surface area contributed by atoms with Gasteiger partial charge in [0.2, 0.25) is 0 Å². The fourth-order valence-electron chi connectivity index (χ4n) is 3.04. The number of benzene rings is 1. The quantitative estimate of drug-likeness (QED) is 0.815. The van der Waals surface area contributed by atoms with Crippen LogP contribution in [-0.2, 0) is 16.0 Å². The van der Waals surface area contributed by atoms with Gasteiger partial charge in [0.05, 0.1) is 19.1 Å².